The van der Waals surface area contributed by atoms with Crippen molar-refractivity contribution in [2.75, 3.05) is 13.2 Å². The van der Waals surface area contributed by atoms with Crippen molar-refractivity contribution in [1.29, 1.82) is 0 Å². The number of alkyl halides is 4. The van der Waals surface area contributed by atoms with E-state index in [1.807, 2.05) is 5.32 Å². The number of nitrogens with one attached hydrogen (secondary N) is 1. The normalized spacial score (nSPS) is 24.1. The van der Waals surface area contributed by atoms with Gasteiger partial charge < -0.3 is 14.8 Å². The van der Waals surface area contributed by atoms with Crippen molar-refractivity contribution >= 4 is 5.91 Å². The van der Waals surface area contributed by atoms with Gasteiger partial charge in [-0.05, 0) is 12.8 Å². The summed E-state index contributed by atoms with van der Waals surface area (Å²) < 4.78 is 60.4. The monoisotopic (exact) mass is 285 g/mol. The van der Waals surface area contributed by atoms with Crippen LogP contribution in [0, 0.1) is 0 Å². The molecule has 0 aromatic heterocycles. The van der Waals surface area contributed by atoms with Crippen LogP contribution in [0.4, 0.5) is 17.6 Å². The summed E-state index contributed by atoms with van der Waals surface area (Å²) in [4.78, 5) is 11.1. The fourth-order valence-electron chi connectivity index (χ4n) is 2.37. The van der Waals surface area contributed by atoms with Crippen molar-refractivity contribution in [3.63, 3.8) is 0 Å². The summed E-state index contributed by atoms with van der Waals surface area (Å²) in [7, 11) is 0. The van der Waals surface area contributed by atoms with E-state index in [1.165, 1.54) is 0 Å². The minimum absolute atomic E-state index is 0.366. The molecule has 0 unspecified atom stereocenters. The van der Waals surface area contributed by atoms with Crippen LogP contribution >= 0.6 is 0 Å². The second-order valence-corrected chi connectivity index (χ2v) is 4.78. The predicted molar refractivity (Wildman–Crippen MR) is 56.0 cm³/mol. The molecule has 1 aliphatic carbocycles. The highest BCUT2D eigenvalue weighted by Crippen LogP contribution is 2.36. The summed E-state index contributed by atoms with van der Waals surface area (Å²) >= 11 is 0. The van der Waals surface area contributed by atoms with Crippen molar-refractivity contribution in [2.45, 2.75) is 49.9 Å². The van der Waals surface area contributed by atoms with Crippen LogP contribution < -0.4 is 5.32 Å². The maximum Gasteiger partial charge on any atom is 0.383 e. The molecule has 4 nitrogen and oxygen atoms in total. The van der Waals surface area contributed by atoms with E-state index in [2.05, 4.69) is 0 Å². The van der Waals surface area contributed by atoms with Gasteiger partial charge in [0.25, 0.3) is 5.91 Å². The second kappa shape index (κ2) is 5.24. The maximum atomic E-state index is 12.8. The van der Waals surface area contributed by atoms with Gasteiger partial charge in [-0.2, -0.15) is 8.78 Å². The molecule has 1 N–H and O–H groups in total. The number of carbonyl (C=O) groups is 1. The molecular formula is C11H15F4NO3. The number of carbonyl (C=O) groups excluding carboxylic acids is 1. The van der Waals surface area contributed by atoms with Crippen molar-refractivity contribution < 1.29 is 31.8 Å². The zero-order valence-corrected chi connectivity index (χ0v) is 10.1. The van der Waals surface area contributed by atoms with E-state index in [1.54, 1.807) is 0 Å². The van der Waals surface area contributed by atoms with Gasteiger partial charge in [-0.1, -0.05) is 0 Å². The fraction of sp³-hybridized carbons (Fsp3) is 0.909. The lowest BCUT2D eigenvalue weighted by Crippen LogP contribution is -2.51. The summed E-state index contributed by atoms with van der Waals surface area (Å²) in [5, 5.41) is 1.97. The zero-order valence-electron chi connectivity index (χ0n) is 10.1. The van der Waals surface area contributed by atoms with Crippen molar-refractivity contribution in [3.05, 3.63) is 0 Å². The number of halogens is 4. The molecule has 0 aromatic carbocycles. The zero-order chi connectivity index (χ0) is 14.1. The van der Waals surface area contributed by atoms with Crippen molar-refractivity contribution in [1.82, 2.24) is 5.32 Å². The molecule has 0 atom stereocenters. The average Bonchev–Trinajstić information content (AvgIpc) is 2.80. The molecule has 2 aliphatic rings. The third-order valence-corrected chi connectivity index (χ3v) is 3.47. The highest BCUT2D eigenvalue weighted by atomic mass is 19.3. The number of amides is 1. The van der Waals surface area contributed by atoms with Crippen LogP contribution in [-0.4, -0.2) is 43.3 Å². The number of rotatable bonds is 3. The Kier molecular flexibility index (Phi) is 4.00. The minimum Gasteiger partial charge on any atom is -0.348 e. The third-order valence-electron chi connectivity index (χ3n) is 3.47. The number of ether oxygens (including phenoxy) is 2. The second-order valence-electron chi connectivity index (χ2n) is 4.78. The van der Waals surface area contributed by atoms with Crippen LogP contribution in [0.5, 0.6) is 0 Å². The Hall–Kier alpha value is -0.890. The van der Waals surface area contributed by atoms with Gasteiger partial charge in [0.05, 0.1) is 13.2 Å². The van der Waals surface area contributed by atoms with E-state index in [0.29, 0.717) is 38.9 Å². The Morgan fingerprint density at radius 1 is 1.21 bits per heavy atom. The van der Waals surface area contributed by atoms with Crippen LogP contribution in [0.25, 0.3) is 0 Å². The predicted octanol–water partition coefficient (Wildman–Crippen LogP) is 1.69. The minimum atomic E-state index is -4.64. The number of hydrogen-bond donors (Lipinski definition) is 1. The van der Waals surface area contributed by atoms with E-state index < -0.39 is 30.1 Å². The Bertz CT molecular complexity index is 335. The van der Waals surface area contributed by atoms with Crippen LogP contribution in [-0.2, 0) is 14.3 Å². The summed E-state index contributed by atoms with van der Waals surface area (Å²) in [5.41, 5.74) is 0. The molecular weight excluding hydrogens is 270 g/mol. The Morgan fingerprint density at radius 3 is 2.21 bits per heavy atom. The number of hydrogen-bond acceptors (Lipinski definition) is 3. The van der Waals surface area contributed by atoms with Crippen molar-refractivity contribution in [3.8, 4) is 0 Å². The summed E-state index contributed by atoms with van der Waals surface area (Å²) in [5.74, 6) is -7.24. The van der Waals surface area contributed by atoms with Crippen LogP contribution in [0.15, 0.2) is 0 Å². The summed E-state index contributed by atoms with van der Waals surface area (Å²) in [6, 6.07) is -0.546. The van der Waals surface area contributed by atoms with Gasteiger partial charge in [0, 0.05) is 18.9 Å². The largest absolute Gasteiger partial charge is 0.383 e. The summed E-state index contributed by atoms with van der Waals surface area (Å²) in [6.07, 6.45) is -2.35. The average molecular weight is 285 g/mol. The van der Waals surface area contributed by atoms with Gasteiger partial charge in [0.1, 0.15) is 0 Å². The molecule has 0 aromatic rings. The molecule has 2 rings (SSSR count). The molecule has 0 radical (unpaired) electrons. The van der Waals surface area contributed by atoms with Gasteiger partial charge in [0.2, 0.25) is 0 Å². The fourth-order valence-corrected chi connectivity index (χ4v) is 2.37. The first-order valence-corrected chi connectivity index (χ1v) is 6.11. The Morgan fingerprint density at radius 2 is 1.74 bits per heavy atom. The van der Waals surface area contributed by atoms with Gasteiger partial charge in [-0.15, -0.1) is 0 Å². The van der Waals surface area contributed by atoms with E-state index in [4.69, 9.17) is 9.47 Å². The molecule has 2 fully saturated rings. The first kappa shape index (κ1) is 14.5. The van der Waals surface area contributed by atoms with Gasteiger partial charge in [-0.3, -0.25) is 4.79 Å². The smallest absolute Gasteiger partial charge is 0.348 e. The van der Waals surface area contributed by atoms with E-state index in [0.717, 1.165) is 0 Å². The van der Waals surface area contributed by atoms with Crippen molar-refractivity contribution in [2.24, 2.45) is 0 Å². The van der Waals surface area contributed by atoms with Gasteiger partial charge >= 0.3 is 12.3 Å². The maximum absolute atomic E-state index is 12.8. The standard InChI is InChI=1S/C11H15F4NO3/c12-8(13)11(14,15)9(17)16-7-1-3-10(4-2-7)18-5-6-19-10/h7-8H,1-6H2,(H,16,17). The highest BCUT2D eigenvalue weighted by molar-refractivity contribution is 5.84. The van der Waals surface area contributed by atoms with Crippen LogP contribution in [0.3, 0.4) is 0 Å². The molecule has 1 aliphatic heterocycles. The SMILES string of the molecule is O=C(NC1CCC2(CC1)OCCO2)C(F)(F)C(F)F. The summed E-state index contributed by atoms with van der Waals surface area (Å²) in [6.45, 7) is 0.973. The quantitative estimate of drug-likeness (QED) is 0.803. The topological polar surface area (TPSA) is 47.6 Å². The molecule has 110 valence electrons. The molecule has 1 heterocycles. The lowest BCUT2D eigenvalue weighted by atomic mass is 9.90. The van der Waals surface area contributed by atoms with Gasteiger partial charge in [-0.25, -0.2) is 8.78 Å². The molecule has 8 heteroatoms. The first-order chi connectivity index (χ1) is 8.86. The highest BCUT2D eigenvalue weighted by Gasteiger charge is 2.50. The van der Waals surface area contributed by atoms with E-state index >= 15 is 0 Å². The Balaban J connectivity index is 1.84. The molecule has 1 spiro atoms. The van der Waals surface area contributed by atoms with Gasteiger partial charge in [0.15, 0.2) is 5.79 Å². The molecule has 1 saturated carbocycles. The van der Waals surface area contributed by atoms with E-state index in [9.17, 15) is 22.4 Å². The lowest BCUT2D eigenvalue weighted by molar-refractivity contribution is -0.184. The Labute approximate surface area is 107 Å². The van der Waals surface area contributed by atoms with Crippen LogP contribution in [0.2, 0.25) is 0 Å². The molecule has 1 saturated heterocycles. The lowest BCUT2D eigenvalue weighted by Gasteiger charge is -2.35. The first-order valence-electron chi connectivity index (χ1n) is 6.11. The third kappa shape index (κ3) is 3.00. The molecule has 19 heavy (non-hydrogen) atoms. The molecule has 1 amide bonds. The van der Waals surface area contributed by atoms with E-state index in [-0.39, 0.29) is 0 Å². The van der Waals surface area contributed by atoms with Crippen LogP contribution in [0.1, 0.15) is 25.7 Å². The molecule has 0 bridgehead atoms.